The van der Waals surface area contributed by atoms with Crippen molar-refractivity contribution in [3.8, 4) is 0 Å². The van der Waals surface area contributed by atoms with Gasteiger partial charge in [0.05, 0.1) is 20.6 Å². The van der Waals surface area contributed by atoms with Gasteiger partial charge in [-0.1, -0.05) is 0 Å². The lowest BCUT2D eigenvalue weighted by Crippen LogP contribution is -2.42. The first-order valence-electron chi connectivity index (χ1n) is 3.40. The molecule has 0 saturated heterocycles. The van der Waals surface area contributed by atoms with E-state index in [4.69, 9.17) is 28.3 Å². The second-order valence-electron chi connectivity index (χ2n) is 2.44. The average Bonchev–Trinajstić information content (AvgIpc) is 2.12. The highest BCUT2D eigenvalue weighted by Gasteiger charge is 2.27. The average molecular weight is 174 g/mol. The number of aldehydes is 1. The van der Waals surface area contributed by atoms with Crippen molar-refractivity contribution in [2.24, 2.45) is 0 Å². The van der Waals surface area contributed by atoms with Gasteiger partial charge in [-0.2, -0.15) is 0 Å². The summed E-state index contributed by atoms with van der Waals surface area (Å²) in [7, 11) is 5.04. The Morgan fingerprint density at radius 2 is 1.75 bits per heavy atom. The van der Waals surface area contributed by atoms with Gasteiger partial charge in [0.2, 0.25) is 0 Å². The van der Waals surface area contributed by atoms with Crippen LogP contribution in [0.4, 0.5) is 0 Å². The van der Waals surface area contributed by atoms with Crippen molar-refractivity contribution in [1.29, 1.82) is 0 Å². The Morgan fingerprint density at radius 1 is 1.25 bits per heavy atom. The van der Waals surface area contributed by atoms with E-state index in [1.54, 1.807) is 0 Å². The van der Waals surface area contributed by atoms with E-state index >= 15 is 0 Å². The molecular weight excluding hydrogens is 163 g/mol. The normalized spacial score (nSPS) is 21.0. The smallest absolute Gasteiger partial charge is 0.117 e. The molecule has 2 radical (unpaired) electrons. The number of carbonyl (C=O) groups excluding carboxylic acids is 1. The van der Waals surface area contributed by atoms with Crippen LogP contribution in [-0.4, -0.2) is 59.5 Å². The molecule has 4 atom stereocenters. The van der Waals surface area contributed by atoms with Crippen molar-refractivity contribution in [3.63, 3.8) is 0 Å². The quantitative estimate of drug-likeness (QED) is 0.267. The van der Waals surface area contributed by atoms with Gasteiger partial charge in [0.15, 0.2) is 0 Å². The standard InChI is InChI=1S/C6H11BO5/c7-3(1-8)5(11)6(12)4(10)2-9/h1,3-6,9-12H,2H2/t3-,4-,5-,6-/m1/s1. The minimum atomic E-state index is -1.62. The summed E-state index contributed by atoms with van der Waals surface area (Å²) < 4.78 is 0. The van der Waals surface area contributed by atoms with E-state index in [9.17, 15) is 4.79 Å². The third-order valence-corrected chi connectivity index (χ3v) is 1.48. The van der Waals surface area contributed by atoms with Crippen molar-refractivity contribution in [2.45, 2.75) is 24.1 Å². The zero-order valence-electron chi connectivity index (χ0n) is 6.37. The maximum Gasteiger partial charge on any atom is 0.117 e. The molecular formula is C6H11BO5. The topological polar surface area (TPSA) is 98.0 Å². The van der Waals surface area contributed by atoms with Gasteiger partial charge in [-0.3, -0.25) is 0 Å². The molecule has 0 aliphatic rings. The third kappa shape index (κ3) is 2.90. The van der Waals surface area contributed by atoms with Crippen molar-refractivity contribution in [1.82, 2.24) is 0 Å². The number of aliphatic hydroxyl groups is 4. The highest BCUT2D eigenvalue weighted by Crippen LogP contribution is 2.10. The highest BCUT2D eigenvalue weighted by atomic mass is 16.4. The second-order valence-corrected chi connectivity index (χ2v) is 2.44. The molecule has 0 aromatic carbocycles. The summed E-state index contributed by atoms with van der Waals surface area (Å²) in [4.78, 5) is 10.0. The Labute approximate surface area is 71.1 Å². The first-order chi connectivity index (χ1) is 5.54. The number of carbonyl (C=O) groups is 1. The fourth-order valence-electron chi connectivity index (χ4n) is 0.644. The molecule has 0 saturated carbocycles. The van der Waals surface area contributed by atoms with Gasteiger partial charge < -0.3 is 25.2 Å². The Morgan fingerprint density at radius 3 is 2.08 bits per heavy atom. The fraction of sp³-hybridized carbons (Fsp3) is 0.833. The molecule has 0 aromatic heterocycles. The molecule has 0 aromatic rings. The van der Waals surface area contributed by atoms with Gasteiger partial charge >= 0.3 is 0 Å². The zero-order chi connectivity index (χ0) is 9.72. The molecule has 4 N–H and O–H groups in total. The maximum atomic E-state index is 10.0. The van der Waals surface area contributed by atoms with E-state index in [2.05, 4.69) is 0 Å². The van der Waals surface area contributed by atoms with E-state index < -0.39 is 30.7 Å². The Kier molecular flexibility index (Phi) is 5.07. The summed E-state index contributed by atoms with van der Waals surface area (Å²) in [6.45, 7) is -0.705. The highest BCUT2D eigenvalue weighted by molar-refractivity contribution is 6.20. The van der Waals surface area contributed by atoms with Crippen molar-refractivity contribution in [3.05, 3.63) is 0 Å². The summed E-state index contributed by atoms with van der Waals surface area (Å²) in [5, 5.41) is 35.2. The van der Waals surface area contributed by atoms with Crippen LogP contribution < -0.4 is 0 Å². The molecule has 0 heterocycles. The predicted molar refractivity (Wildman–Crippen MR) is 40.7 cm³/mol. The predicted octanol–water partition coefficient (Wildman–Crippen LogP) is -2.78. The van der Waals surface area contributed by atoms with Crippen LogP contribution >= 0.6 is 0 Å². The van der Waals surface area contributed by atoms with E-state index in [0.717, 1.165) is 0 Å². The summed E-state index contributed by atoms with van der Waals surface area (Å²) in [6.07, 6.45) is -4.43. The van der Waals surface area contributed by atoms with Crippen LogP contribution in [0.1, 0.15) is 0 Å². The summed E-state index contributed by atoms with van der Waals surface area (Å²) in [6, 6.07) is 0. The van der Waals surface area contributed by atoms with Crippen molar-refractivity contribution >= 4 is 14.1 Å². The zero-order valence-corrected chi connectivity index (χ0v) is 6.37. The van der Waals surface area contributed by atoms with E-state index in [1.807, 2.05) is 0 Å². The number of hydrogen-bond acceptors (Lipinski definition) is 5. The Balaban J connectivity index is 4.07. The molecule has 0 amide bonds. The summed E-state index contributed by atoms with van der Waals surface area (Å²) in [5.74, 6) is -1.26. The number of hydrogen-bond donors (Lipinski definition) is 4. The molecule has 0 unspecified atom stereocenters. The molecule has 68 valence electrons. The monoisotopic (exact) mass is 174 g/mol. The van der Waals surface area contributed by atoms with Gasteiger partial charge in [0, 0.05) is 5.82 Å². The largest absolute Gasteiger partial charge is 0.394 e. The van der Waals surface area contributed by atoms with Gasteiger partial charge in [-0.05, 0) is 0 Å². The van der Waals surface area contributed by atoms with Crippen LogP contribution in [-0.2, 0) is 4.79 Å². The molecule has 0 rings (SSSR count). The van der Waals surface area contributed by atoms with Crippen LogP contribution in [0, 0.1) is 0 Å². The number of aliphatic hydroxyl groups excluding tert-OH is 4. The lowest BCUT2D eigenvalue weighted by Gasteiger charge is -2.23. The Hall–Kier alpha value is -0.425. The van der Waals surface area contributed by atoms with Crippen LogP contribution in [0.5, 0.6) is 0 Å². The first kappa shape index (κ1) is 11.6. The van der Waals surface area contributed by atoms with E-state index in [-0.39, 0.29) is 6.29 Å². The van der Waals surface area contributed by atoms with Crippen LogP contribution in [0.15, 0.2) is 0 Å². The molecule has 5 nitrogen and oxygen atoms in total. The van der Waals surface area contributed by atoms with Gasteiger partial charge in [-0.15, -0.1) is 0 Å². The lowest BCUT2D eigenvalue weighted by molar-refractivity contribution is -0.115. The Bertz CT molecular complexity index is 142. The van der Waals surface area contributed by atoms with Crippen LogP contribution in [0.25, 0.3) is 0 Å². The third-order valence-electron chi connectivity index (χ3n) is 1.48. The first-order valence-corrected chi connectivity index (χ1v) is 3.40. The van der Waals surface area contributed by atoms with E-state index in [1.165, 1.54) is 0 Å². The fourth-order valence-corrected chi connectivity index (χ4v) is 0.644. The number of rotatable bonds is 5. The molecule has 0 aliphatic carbocycles. The van der Waals surface area contributed by atoms with Crippen molar-refractivity contribution in [2.75, 3.05) is 6.61 Å². The minimum Gasteiger partial charge on any atom is -0.394 e. The van der Waals surface area contributed by atoms with Gasteiger partial charge in [0.25, 0.3) is 0 Å². The van der Waals surface area contributed by atoms with Crippen molar-refractivity contribution < 1.29 is 25.2 Å². The molecule has 0 aliphatic heterocycles. The molecule has 6 heteroatoms. The maximum absolute atomic E-state index is 10.0. The SMILES string of the molecule is [B][C@H](C=O)[C@@H](O)[C@H](O)[C@H](O)CO. The minimum absolute atomic E-state index is 0.248. The van der Waals surface area contributed by atoms with E-state index in [0.29, 0.717) is 0 Å². The van der Waals surface area contributed by atoms with Crippen LogP contribution in [0.3, 0.4) is 0 Å². The summed E-state index contributed by atoms with van der Waals surface area (Å²) >= 11 is 0. The van der Waals surface area contributed by atoms with Gasteiger partial charge in [0.1, 0.15) is 18.5 Å². The summed E-state index contributed by atoms with van der Waals surface area (Å²) in [5.41, 5.74) is 0. The van der Waals surface area contributed by atoms with Gasteiger partial charge in [-0.25, -0.2) is 0 Å². The molecule has 0 bridgehead atoms. The second kappa shape index (κ2) is 5.26. The molecule has 12 heavy (non-hydrogen) atoms. The van der Waals surface area contributed by atoms with Crippen LogP contribution in [0.2, 0.25) is 5.82 Å². The molecule has 0 fully saturated rings. The molecule has 0 spiro atoms. The lowest BCUT2D eigenvalue weighted by atomic mass is 9.80.